The summed E-state index contributed by atoms with van der Waals surface area (Å²) >= 11 is 0. The molecule has 0 aliphatic carbocycles. The van der Waals surface area contributed by atoms with Gasteiger partial charge in [-0.05, 0) is 175 Å². The van der Waals surface area contributed by atoms with Gasteiger partial charge in [0.2, 0.25) is 10.0 Å². The number of nitrogens with one attached hydrogen (secondary N) is 4. The average Bonchev–Trinajstić information content (AvgIpc) is 1.78. The van der Waals surface area contributed by atoms with E-state index in [0.717, 1.165) is 41.6 Å². The largest absolute Gasteiger partial charge is 0.516 e. The number of hydrogen-bond acceptors (Lipinski definition) is 13. The number of sulfone groups is 2. The Kier molecular flexibility index (Phi) is 20.2. The van der Waals surface area contributed by atoms with Gasteiger partial charge in [0.1, 0.15) is 5.75 Å². The van der Waals surface area contributed by atoms with Gasteiger partial charge in [-0.1, -0.05) is 96.6 Å². The molecule has 0 saturated heterocycles. The van der Waals surface area contributed by atoms with Gasteiger partial charge >= 0.3 is 21.7 Å². The minimum Gasteiger partial charge on any atom is -0.481 e. The van der Waals surface area contributed by atoms with Crippen molar-refractivity contribution in [3.05, 3.63) is 240 Å². The molecule has 1 unspecified atom stereocenters. The van der Waals surface area contributed by atoms with Crippen LogP contribution in [0.4, 0.5) is 32.0 Å². The number of carbonyl (C=O) groups is 1. The van der Waals surface area contributed by atoms with Crippen LogP contribution in [0.15, 0.2) is 215 Å². The predicted octanol–water partition coefficient (Wildman–Crippen LogP) is 13.1. The van der Waals surface area contributed by atoms with E-state index in [2.05, 4.69) is 65.4 Å². The first-order valence-electron chi connectivity index (χ1n) is 29.1. The minimum absolute atomic E-state index is 0.00820. The van der Waals surface area contributed by atoms with E-state index in [1.807, 2.05) is 36.4 Å². The number of H-pyrrole nitrogens is 3. The number of nitrogens with two attached hydrogens (primary N) is 1. The maximum Gasteiger partial charge on any atom is 0.516 e. The lowest BCUT2D eigenvalue weighted by atomic mass is 9.97. The molecule has 0 amide bonds. The van der Waals surface area contributed by atoms with Gasteiger partial charge < -0.3 is 19.7 Å². The highest BCUT2D eigenvalue weighted by Crippen LogP contribution is 2.35. The minimum atomic E-state index is -5.59. The number of nitrogens with zero attached hydrogens (tertiary/aromatic N) is 3. The maximum absolute atomic E-state index is 12.8. The third-order valence-corrected chi connectivity index (χ3v) is 18.8. The molecule has 502 valence electrons. The molecule has 0 bridgehead atoms. The Labute approximate surface area is 563 Å². The molecule has 3 aromatic heterocycles. The summed E-state index contributed by atoms with van der Waals surface area (Å²) in [6, 6.07) is 53.9. The molecule has 3 heterocycles. The van der Waals surface area contributed by atoms with Crippen molar-refractivity contribution in [1.29, 1.82) is 0 Å². The molecule has 6 N–H and O–H groups in total. The molecular weight excluding hydrogens is 1370 g/mol. The van der Waals surface area contributed by atoms with Gasteiger partial charge in [-0.3, -0.25) is 9.52 Å². The van der Waals surface area contributed by atoms with Gasteiger partial charge in [-0.25, -0.2) is 45.3 Å². The van der Waals surface area contributed by atoms with Gasteiger partial charge in [0.15, 0.2) is 49.0 Å². The summed E-state index contributed by atoms with van der Waals surface area (Å²) < 4.78 is 176. The van der Waals surface area contributed by atoms with Gasteiger partial charge in [0.25, 0.3) is 0 Å². The van der Waals surface area contributed by atoms with Crippen molar-refractivity contribution in [2.24, 2.45) is 5.14 Å². The number of sulfonamides is 2. The summed E-state index contributed by atoms with van der Waals surface area (Å²) in [5, 5.41) is 5.34. The molecule has 1 atom stereocenters. The third kappa shape index (κ3) is 17.6. The van der Waals surface area contributed by atoms with Crippen LogP contribution in [0.1, 0.15) is 58.4 Å². The summed E-state index contributed by atoms with van der Waals surface area (Å²) in [4.78, 5) is 34.9. The molecule has 12 aromatic rings. The third-order valence-electron chi connectivity index (χ3n) is 14.5. The number of para-hydroxylation sites is 1. The van der Waals surface area contributed by atoms with E-state index in [0.29, 0.717) is 78.5 Å². The molecular formula is C71H52F6N8O10S4. The fourth-order valence-electron chi connectivity index (χ4n) is 9.58. The monoisotopic (exact) mass is 1420 g/mol. The second-order valence-corrected chi connectivity index (χ2v) is 29.1. The van der Waals surface area contributed by atoms with E-state index in [4.69, 9.17) is 9.88 Å². The van der Waals surface area contributed by atoms with Crippen LogP contribution in [0, 0.1) is 35.5 Å². The second kappa shape index (κ2) is 28.4. The van der Waals surface area contributed by atoms with Crippen molar-refractivity contribution < 1.29 is 69.5 Å². The molecule has 0 spiro atoms. The summed E-state index contributed by atoms with van der Waals surface area (Å²) in [5.41, 5.74) is 4.37. The van der Waals surface area contributed by atoms with Crippen LogP contribution < -0.4 is 14.6 Å². The molecule has 99 heavy (non-hydrogen) atoms. The van der Waals surface area contributed by atoms with Crippen molar-refractivity contribution in [3.8, 4) is 74.7 Å². The number of benzene rings is 9. The van der Waals surface area contributed by atoms with Gasteiger partial charge in [0.05, 0.1) is 53.5 Å². The van der Waals surface area contributed by atoms with Gasteiger partial charge in [-0.15, -0.1) is 0 Å². The molecule has 0 aliphatic rings. The molecule has 0 fully saturated rings. The molecule has 18 nitrogen and oxygen atoms in total. The van der Waals surface area contributed by atoms with Crippen molar-refractivity contribution in [3.63, 3.8) is 0 Å². The highest BCUT2D eigenvalue weighted by molar-refractivity contribution is 7.93. The standard InChI is InChI=1S/C26H19F3N2O2.C23H16F3N3O4S2.C22H17N3O4S2/c1-16(32)21-5-3-4-6-22(21)19-10-13-23-24(15-19)31-25(30-23)14-9-18-7-11-20(12-8-18)33-17(2)26(27,28)29;1-34(30,31)17-10-6-15(7-11-17)8-13-22-27-20-12-9-16(14-21(20)28-22)18-4-2-3-5-19(18)29-35(32,33)23(24,25)26;1-30(26,27)17-10-6-15(7-11-17)8-13-22-24-19-12-9-16(14-20(19)25-22)18-4-2-3-5-21(18)31(23,28)29/h3-8,10-13,15,17H,1-2H3,(H,30,31);2-7,9-12,14,29H,1H3,(H,27,28);2-7,9-12,14H,1H3,(H,24,25)(H2,23,28,29). The summed E-state index contributed by atoms with van der Waals surface area (Å²) in [6.07, 6.45) is -4.05. The molecule has 9 aromatic carbocycles. The van der Waals surface area contributed by atoms with E-state index < -0.39 is 57.5 Å². The van der Waals surface area contributed by atoms with Gasteiger partial charge in [-0.2, -0.15) is 34.8 Å². The first kappa shape index (κ1) is 70.5. The Bertz CT molecular complexity index is 5790. The SMILES string of the molecule is CC(=O)c1ccccc1-c1ccc2nc(C#Cc3ccc(OC(C)C(F)(F)F)cc3)[nH]c2c1.CS(=O)(=O)c1ccc(C#Cc2nc3ccc(-c4ccccc4NS(=O)(=O)C(F)(F)F)cc3[nH]2)cc1.CS(=O)(=O)c1ccc(C#Cc2nc3ccc(-c4ccccc4S(N)(=O)=O)cc3[nH]2)cc1. The molecule has 0 radical (unpaired) electrons. The van der Waals surface area contributed by atoms with Crippen LogP contribution in [0.3, 0.4) is 0 Å². The first-order valence-corrected chi connectivity index (χ1v) is 35.9. The lowest BCUT2D eigenvalue weighted by molar-refractivity contribution is -0.189. The molecule has 28 heteroatoms. The quantitative estimate of drug-likeness (QED) is 0.0458. The van der Waals surface area contributed by atoms with E-state index in [-0.39, 0.29) is 37.5 Å². The number of imidazole rings is 3. The predicted molar refractivity (Wildman–Crippen MR) is 364 cm³/mol. The Morgan fingerprint density at radius 3 is 1.26 bits per heavy atom. The number of ether oxygens (including phenoxy) is 1. The number of rotatable bonds is 11. The normalized spacial score (nSPS) is 12.1. The average molecular weight is 1420 g/mol. The van der Waals surface area contributed by atoms with Crippen LogP contribution in [0.25, 0.3) is 66.5 Å². The summed E-state index contributed by atoms with van der Waals surface area (Å²) in [7, 11) is -16.0. The van der Waals surface area contributed by atoms with Crippen LogP contribution in [0.5, 0.6) is 5.75 Å². The van der Waals surface area contributed by atoms with Crippen molar-refractivity contribution >= 4 is 84.3 Å². The Morgan fingerprint density at radius 2 is 0.859 bits per heavy atom. The van der Waals surface area contributed by atoms with E-state index in [1.165, 1.54) is 67.6 Å². The second-order valence-electron chi connectivity index (χ2n) is 21.9. The van der Waals surface area contributed by atoms with E-state index >= 15 is 0 Å². The lowest BCUT2D eigenvalue weighted by Gasteiger charge is -2.17. The lowest BCUT2D eigenvalue weighted by Crippen LogP contribution is -2.31. The topological polar surface area (TPSA) is 287 Å². The Morgan fingerprint density at radius 1 is 0.485 bits per heavy atom. The summed E-state index contributed by atoms with van der Waals surface area (Å²) in [6.45, 7) is 2.50. The Balaban J connectivity index is 0.000000161. The van der Waals surface area contributed by atoms with Crippen LogP contribution >= 0.6 is 0 Å². The first-order chi connectivity index (χ1) is 46.6. The number of alkyl halides is 6. The number of fused-ring (bicyclic) bond motifs is 3. The number of primary sulfonamides is 1. The van der Waals surface area contributed by atoms with Crippen LogP contribution in [-0.2, 0) is 39.7 Å². The van der Waals surface area contributed by atoms with Gasteiger partial charge in [0, 0.05) is 45.9 Å². The Hall–Kier alpha value is -11.3. The number of anilines is 1. The molecule has 12 rings (SSSR count). The zero-order valence-electron chi connectivity index (χ0n) is 52.0. The number of aromatic nitrogens is 6. The molecule has 0 aliphatic heterocycles. The van der Waals surface area contributed by atoms with E-state index in [9.17, 15) is 64.8 Å². The van der Waals surface area contributed by atoms with Crippen molar-refractivity contribution in [2.45, 2.75) is 46.3 Å². The zero-order valence-corrected chi connectivity index (χ0v) is 55.3. The van der Waals surface area contributed by atoms with E-state index in [1.54, 1.807) is 108 Å². The molecule has 0 saturated carbocycles. The fraction of sp³-hybridized carbons (Fsp3) is 0.0986. The number of Topliss-reactive ketones (excluding diaryl/α,β-unsaturated/α-hetero) is 1. The highest BCUT2D eigenvalue weighted by Gasteiger charge is 2.46. The van der Waals surface area contributed by atoms with Crippen molar-refractivity contribution in [2.75, 3.05) is 17.2 Å². The smallest absolute Gasteiger partial charge is 0.481 e. The number of aromatic amines is 3. The number of hydrogen-bond donors (Lipinski definition) is 5. The fourth-order valence-corrected chi connectivity index (χ4v) is 12.2. The zero-order chi connectivity index (χ0) is 71.2. The maximum atomic E-state index is 12.8. The summed E-state index contributed by atoms with van der Waals surface area (Å²) in [5.74, 6) is 18.8. The van der Waals surface area contributed by atoms with Crippen LogP contribution in [0.2, 0.25) is 0 Å². The number of carbonyl (C=O) groups excluding carboxylic acids is 1. The van der Waals surface area contributed by atoms with Crippen LogP contribution in [-0.4, -0.2) is 99.7 Å². The van der Waals surface area contributed by atoms with Crippen molar-refractivity contribution in [1.82, 2.24) is 29.9 Å². The number of halogens is 6. The number of ketones is 1. The highest BCUT2D eigenvalue weighted by atomic mass is 32.2.